The lowest BCUT2D eigenvalue weighted by atomic mass is 9.76. The third kappa shape index (κ3) is 3.45. The SMILES string of the molecule is CCOC(=O)CC1(O)CC2CNCC(COC2)C1O. The molecule has 0 radical (unpaired) electrons. The second-order valence-electron chi connectivity index (χ2n) is 5.56. The van der Waals surface area contributed by atoms with Gasteiger partial charge in [-0.05, 0) is 19.3 Å². The summed E-state index contributed by atoms with van der Waals surface area (Å²) in [7, 11) is 0. The van der Waals surface area contributed by atoms with Crippen LogP contribution < -0.4 is 5.32 Å². The molecule has 4 unspecified atom stereocenters. The van der Waals surface area contributed by atoms with Crippen LogP contribution in [0.4, 0.5) is 0 Å². The molecule has 0 aromatic carbocycles. The van der Waals surface area contributed by atoms with Gasteiger partial charge in [-0.1, -0.05) is 0 Å². The highest BCUT2D eigenvalue weighted by Gasteiger charge is 2.46. The van der Waals surface area contributed by atoms with E-state index in [4.69, 9.17) is 9.47 Å². The van der Waals surface area contributed by atoms with Crippen LogP contribution in [-0.4, -0.2) is 60.8 Å². The number of nitrogens with one attached hydrogen (secondary N) is 1. The van der Waals surface area contributed by atoms with Crippen LogP contribution in [0.2, 0.25) is 0 Å². The molecule has 0 aromatic rings. The monoisotopic (exact) mass is 273 g/mol. The molecule has 0 saturated carbocycles. The van der Waals surface area contributed by atoms with Gasteiger partial charge in [0.1, 0.15) is 5.60 Å². The fourth-order valence-electron chi connectivity index (χ4n) is 3.01. The predicted octanol–water partition coefficient (Wildman–Crippen LogP) is -0.712. The number of aliphatic hydroxyl groups is 2. The molecule has 3 rings (SSSR count). The van der Waals surface area contributed by atoms with Gasteiger partial charge >= 0.3 is 5.97 Å². The lowest BCUT2D eigenvalue weighted by Crippen LogP contribution is -2.57. The van der Waals surface area contributed by atoms with E-state index in [9.17, 15) is 15.0 Å². The highest BCUT2D eigenvalue weighted by molar-refractivity contribution is 5.70. The van der Waals surface area contributed by atoms with Crippen molar-refractivity contribution in [3.8, 4) is 0 Å². The second kappa shape index (κ2) is 6.17. The Bertz CT molecular complexity index is 314. The molecule has 3 aliphatic rings. The van der Waals surface area contributed by atoms with E-state index in [2.05, 4.69) is 5.32 Å². The van der Waals surface area contributed by atoms with Crippen molar-refractivity contribution in [1.82, 2.24) is 5.32 Å². The number of esters is 1. The molecule has 110 valence electrons. The third-order valence-electron chi connectivity index (χ3n) is 3.92. The van der Waals surface area contributed by atoms with Crippen LogP contribution in [0.3, 0.4) is 0 Å². The van der Waals surface area contributed by atoms with Crippen molar-refractivity contribution in [3.05, 3.63) is 0 Å². The normalized spacial score (nSPS) is 39.2. The van der Waals surface area contributed by atoms with E-state index < -0.39 is 17.7 Å². The van der Waals surface area contributed by atoms with E-state index >= 15 is 0 Å². The first-order valence-corrected chi connectivity index (χ1v) is 6.89. The fraction of sp³-hybridized carbons (Fsp3) is 0.923. The average molecular weight is 273 g/mol. The summed E-state index contributed by atoms with van der Waals surface area (Å²) < 4.78 is 10.4. The summed E-state index contributed by atoms with van der Waals surface area (Å²) in [6.07, 6.45) is -0.793. The number of carbonyl (C=O) groups excluding carboxylic acids is 1. The Kier molecular flexibility index (Phi) is 4.78. The highest BCUT2D eigenvalue weighted by Crippen LogP contribution is 2.33. The molecule has 2 bridgehead atoms. The highest BCUT2D eigenvalue weighted by atomic mass is 16.5. The topological polar surface area (TPSA) is 88.0 Å². The lowest BCUT2D eigenvalue weighted by molar-refractivity contribution is -0.173. The number of ether oxygens (including phenoxy) is 2. The van der Waals surface area contributed by atoms with Crippen molar-refractivity contribution in [2.75, 3.05) is 32.9 Å². The van der Waals surface area contributed by atoms with Crippen molar-refractivity contribution in [3.63, 3.8) is 0 Å². The number of rotatable bonds is 3. The van der Waals surface area contributed by atoms with Crippen LogP contribution in [0.15, 0.2) is 0 Å². The fourth-order valence-corrected chi connectivity index (χ4v) is 3.01. The molecule has 3 fully saturated rings. The first-order chi connectivity index (χ1) is 9.05. The largest absolute Gasteiger partial charge is 0.466 e. The van der Waals surface area contributed by atoms with E-state index in [0.29, 0.717) is 26.2 Å². The maximum absolute atomic E-state index is 11.6. The smallest absolute Gasteiger partial charge is 0.308 e. The first kappa shape index (κ1) is 14.7. The number of hydrogen-bond acceptors (Lipinski definition) is 6. The minimum atomic E-state index is -1.41. The maximum Gasteiger partial charge on any atom is 0.308 e. The van der Waals surface area contributed by atoms with Crippen molar-refractivity contribution in [1.29, 1.82) is 0 Å². The van der Waals surface area contributed by atoms with E-state index in [1.807, 2.05) is 0 Å². The molecule has 3 heterocycles. The predicted molar refractivity (Wildman–Crippen MR) is 67.5 cm³/mol. The minimum Gasteiger partial charge on any atom is -0.466 e. The minimum absolute atomic E-state index is 0.0929. The second-order valence-corrected chi connectivity index (χ2v) is 5.56. The van der Waals surface area contributed by atoms with Gasteiger partial charge < -0.3 is 25.0 Å². The molecule has 0 aliphatic carbocycles. The van der Waals surface area contributed by atoms with Gasteiger partial charge in [0, 0.05) is 19.0 Å². The van der Waals surface area contributed by atoms with Crippen LogP contribution in [0.5, 0.6) is 0 Å². The van der Waals surface area contributed by atoms with E-state index in [0.717, 1.165) is 6.54 Å². The third-order valence-corrected chi connectivity index (χ3v) is 3.92. The van der Waals surface area contributed by atoms with Gasteiger partial charge in [0.2, 0.25) is 0 Å². The van der Waals surface area contributed by atoms with Gasteiger partial charge in [-0.3, -0.25) is 4.79 Å². The summed E-state index contributed by atoms with van der Waals surface area (Å²) in [5, 5.41) is 24.4. The van der Waals surface area contributed by atoms with Gasteiger partial charge in [-0.2, -0.15) is 0 Å². The molecule has 0 amide bonds. The van der Waals surface area contributed by atoms with Gasteiger partial charge in [0.25, 0.3) is 0 Å². The van der Waals surface area contributed by atoms with Crippen LogP contribution in [-0.2, 0) is 14.3 Å². The molecule has 0 aromatic heterocycles. The van der Waals surface area contributed by atoms with E-state index in [-0.39, 0.29) is 24.9 Å². The van der Waals surface area contributed by atoms with Crippen LogP contribution in [0.1, 0.15) is 19.8 Å². The Hall–Kier alpha value is -0.690. The molecule has 6 heteroatoms. The molecule has 0 spiro atoms. The summed E-state index contributed by atoms with van der Waals surface area (Å²) in [5.41, 5.74) is -1.41. The summed E-state index contributed by atoms with van der Waals surface area (Å²) in [6, 6.07) is 0. The lowest BCUT2D eigenvalue weighted by Gasteiger charge is -2.43. The Balaban J connectivity index is 2.14. The van der Waals surface area contributed by atoms with Crippen LogP contribution in [0, 0.1) is 11.8 Å². The van der Waals surface area contributed by atoms with Gasteiger partial charge in [0.15, 0.2) is 0 Å². The molecule has 6 nitrogen and oxygen atoms in total. The zero-order chi connectivity index (χ0) is 13.9. The van der Waals surface area contributed by atoms with Crippen molar-refractivity contribution >= 4 is 5.97 Å². The zero-order valence-electron chi connectivity index (χ0n) is 11.3. The summed E-state index contributed by atoms with van der Waals surface area (Å²) >= 11 is 0. The number of hydrogen-bond donors (Lipinski definition) is 3. The summed E-state index contributed by atoms with van der Waals surface area (Å²) in [6.45, 7) is 4.26. The summed E-state index contributed by atoms with van der Waals surface area (Å²) in [5.74, 6) is -0.576. The Morgan fingerprint density at radius 3 is 3.00 bits per heavy atom. The first-order valence-electron chi connectivity index (χ1n) is 6.89. The zero-order valence-corrected chi connectivity index (χ0v) is 11.3. The van der Waals surface area contributed by atoms with Gasteiger partial charge in [-0.25, -0.2) is 0 Å². The van der Waals surface area contributed by atoms with E-state index in [1.54, 1.807) is 6.92 Å². The van der Waals surface area contributed by atoms with Crippen LogP contribution >= 0.6 is 0 Å². The van der Waals surface area contributed by atoms with Crippen molar-refractivity contribution in [2.24, 2.45) is 11.8 Å². The van der Waals surface area contributed by atoms with Gasteiger partial charge in [-0.15, -0.1) is 0 Å². The maximum atomic E-state index is 11.6. The molecular formula is C13H23NO5. The molecular weight excluding hydrogens is 250 g/mol. The molecule has 19 heavy (non-hydrogen) atoms. The number of fused-ring (bicyclic) bond motifs is 6. The Morgan fingerprint density at radius 1 is 1.47 bits per heavy atom. The van der Waals surface area contributed by atoms with Crippen LogP contribution in [0.25, 0.3) is 0 Å². The van der Waals surface area contributed by atoms with Crippen molar-refractivity contribution in [2.45, 2.75) is 31.5 Å². The quantitative estimate of drug-likeness (QED) is 0.589. The number of aliphatic hydroxyl groups excluding tert-OH is 1. The molecule has 3 N–H and O–H groups in total. The molecule has 4 atom stereocenters. The summed E-state index contributed by atoms with van der Waals surface area (Å²) in [4.78, 5) is 11.6. The number of carbonyl (C=O) groups is 1. The standard InChI is InChI=1S/C13H23NO5/c1-2-19-11(15)4-13(17)3-9-5-14-6-10(12(13)16)8-18-7-9/h9-10,12,14,16-17H,2-8H2,1H3. The Morgan fingerprint density at radius 2 is 2.26 bits per heavy atom. The van der Waals surface area contributed by atoms with Gasteiger partial charge in [0.05, 0.1) is 32.3 Å². The van der Waals surface area contributed by atoms with Crippen molar-refractivity contribution < 1.29 is 24.5 Å². The Labute approximate surface area is 113 Å². The molecule has 3 saturated heterocycles. The van der Waals surface area contributed by atoms with E-state index in [1.165, 1.54) is 0 Å². The average Bonchev–Trinajstić information content (AvgIpc) is 2.30. The molecule has 3 aliphatic heterocycles.